The predicted molar refractivity (Wildman–Crippen MR) is 99.2 cm³/mol. The number of carbonyl (C=O) groups is 1. The second kappa shape index (κ2) is 8.96. The minimum absolute atomic E-state index is 0.0819. The van der Waals surface area contributed by atoms with Crippen molar-refractivity contribution in [2.24, 2.45) is 5.73 Å². The van der Waals surface area contributed by atoms with Crippen molar-refractivity contribution in [2.45, 2.75) is 31.2 Å². The maximum absolute atomic E-state index is 14.5. The van der Waals surface area contributed by atoms with Crippen molar-refractivity contribution in [3.63, 3.8) is 0 Å². The molecule has 0 bridgehead atoms. The Bertz CT molecular complexity index is 974. The van der Waals surface area contributed by atoms with Crippen LogP contribution in [0.15, 0.2) is 30.5 Å². The lowest BCUT2D eigenvalue weighted by Gasteiger charge is -2.39. The number of hydrogen-bond donors (Lipinski definition) is 2. The molecule has 0 radical (unpaired) electrons. The molecule has 0 aromatic carbocycles. The van der Waals surface area contributed by atoms with Gasteiger partial charge in [0, 0.05) is 18.7 Å². The lowest BCUT2D eigenvalue weighted by molar-refractivity contribution is -0.274. The molecule has 3 rings (SSSR count). The summed E-state index contributed by atoms with van der Waals surface area (Å²) in [6, 6.07) is 3.17. The van der Waals surface area contributed by atoms with Crippen LogP contribution in [0, 0.1) is 5.82 Å². The van der Waals surface area contributed by atoms with E-state index in [0.29, 0.717) is 0 Å². The first-order chi connectivity index (χ1) is 14.9. The van der Waals surface area contributed by atoms with Gasteiger partial charge in [0.2, 0.25) is 0 Å². The number of amides is 1. The van der Waals surface area contributed by atoms with E-state index in [4.69, 9.17) is 10.5 Å². The first-order valence-corrected chi connectivity index (χ1v) is 9.14. The second-order valence-corrected chi connectivity index (χ2v) is 6.86. The lowest BCUT2D eigenvalue weighted by Crippen LogP contribution is -2.51. The zero-order valence-electron chi connectivity index (χ0n) is 16.2. The number of nitrogens with one attached hydrogen (secondary N) is 1. The van der Waals surface area contributed by atoms with Crippen molar-refractivity contribution >= 4 is 23.5 Å². The van der Waals surface area contributed by atoms with Crippen LogP contribution >= 0.6 is 0 Å². The number of piperidine rings is 1. The third-order valence-corrected chi connectivity index (χ3v) is 4.42. The predicted octanol–water partition coefficient (Wildman–Crippen LogP) is 3.96. The van der Waals surface area contributed by atoms with Crippen LogP contribution in [-0.4, -0.2) is 47.5 Å². The summed E-state index contributed by atoms with van der Waals surface area (Å²) < 4.78 is 88.2. The molecule has 0 saturated carbocycles. The van der Waals surface area contributed by atoms with E-state index in [1.807, 2.05) is 0 Å². The van der Waals surface area contributed by atoms with E-state index in [-0.39, 0.29) is 24.7 Å². The molecule has 174 valence electrons. The van der Waals surface area contributed by atoms with Crippen LogP contribution in [0.4, 0.5) is 48.6 Å². The van der Waals surface area contributed by atoms with Crippen LogP contribution in [-0.2, 0) is 4.74 Å². The summed E-state index contributed by atoms with van der Waals surface area (Å²) in [5.41, 5.74) is 4.92. The normalized spacial score (nSPS) is 18.2. The molecule has 2 aromatic heterocycles. The molecule has 1 amide bonds. The van der Waals surface area contributed by atoms with Gasteiger partial charge in [-0.2, -0.15) is 0 Å². The minimum atomic E-state index is -4.92. The number of carbonyl (C=O) groups excluding carboxylic acids is 1. The van der Waals surface area contributed by atoms with Gasteiger partial charge >= 0.3 is 12.5 Å². The van der Waals surface area contributed by atoms with Gasteiger partial charge in [0.05, 0.1) is 12.6 Å². The Morgan fingerprint density at radius 2 is 2.03 bits per heavy atom. The molecule has 8 nitrogen and oxygen atoms in total. The summed E-state index contributed by atoms with van der Waals surface area (Å²) in [5.74, 6) is -5.30. The van der Waals surface area contributed by atoms with Gasteiger partial charge in [0.15, 0.2) is 11.6 Å². The smallest absolute Gasteiger partial charge is 0.448 e. The highest BCUT2D eigenvalue weighted by Gasteiger charge is 2.42. The SMILES string of the molecule is NC(=O)OCC1CCC(F)(F)CN1c1nc(Nc2cc(OC(F)(F)F)ccn2)ccc1F. The average Bonchev–Trinajstić information content (AvgIpc) is 2.67. The van der Waals surface area contributed by atoms with Gasteiger partial charge in [-0.15, -0.1) is 13.2 Å². The van der Waals surface area contributed by atoms with Crippen LogP contribution in [0.25, 0.3) is 0 Å². The second-order valence-electron chi connectivity index (χ2n) is 6.86. The summed E-state index contributed by atoms with van der Waals surface area (Å²) in [6.45, 7) is -1.25. The molecular formula is C18H17F6N5O3. The van der Waals surface area contributed by atoms with Crippen LogP contribution in [0.3, 0.4) is 0 Å². The van der Waals surface area contributed by atoms with Gasteiger partial charge in [-0.3, -0.25) is 0 Å². The molecule has 32 heavy (non-hydrogen) atoms. The number of anilines is 3. The van der Waals surface area contributed by atoms with Gasteiger partial charge in [0.1, 0.15) is 24.0 Å². The number of primary amides is 1. The highest BCUT2D eigenvalue weighted by atomic mass is 19.4. The third-order valence-electron chi connectivity index (χ3n) is 4.42. The Kier molecular flexibility index (Phi) is 6.50. The van der Waals surface area contributed by atoms with Gasteiger partial charge in [-0.05, 0) is 24.6 Å². The summed E-state index contributed by atoms with van der Waals surface area (Å²) in [5, 5.41) is 2.57. The van der Waals surface area contributed by atoms with Gasteiger partial charge in [-0.25, -0.2) is 27.9 Å². The molecule has 1 atom stereocenters. The maximum atomic E-state index is 14.5. The number of ether oxygens (including phenoxy) is 2. The van der Waals surface area contributed by atoms with E-state index >= 15 is 0 Å². The first-order valence-electron chi connectivity index (χ1n) is 9.14. The van der Waals surface area contributed by atoms with E-state index in [0.717, 1.165) is 35.4 Å². The minimum Gasteiger partial charge on any atom is -0.448 e. The molecule has 0 aliphatic carbocycles. The van der Waals surface area contributed by atoms with Crippen LogP contribution in [0.5, 0.6) is 5.75 Å². The molecule has 1 aliphatic heterocycles. The Labute approximate surface area is 177 Å². The summed E-state index contributed by atoms with van der Waals surface area (Å²) in [6.07, 6.45) is -5.63. The van der Waals surface area contributed by atoms with Gasteiger partial charge < -0.3 is 25.4 Å². The van der Waals surface area contributed by atoms with E-state index in [9.17, 15) is 31.1 Å². The topological polar surface area (TPSA) is 103 Å². The largest absolute Gasteiger partial charge is 0.573 e. The molecule has 1 unspecified atom stereocenters. The van der Waals surface area contributed by atoms with Crippen LogP contribution in [0.2, 0.25) is 0 Å². The van der Waals surface area contributed by atoms with Crippen LogP contribution in [0.1, 0.15) is 12.8 Å². The van der Waals surface area contributed by atoms with E-state index in [1.54, 1.807) is 0 Å². The summed E-state index contributed by atoms with van der Waals surface area (Å²) >= 11 is 0. The maximum Gasteiger partial charge on any atom is 0.573 e. The number of alkyl halides is 5. The molecule has 14 heteroatoms. The third kappa shape index (κ3) is 6.28. The fraction of sp³-hybridized carbons (Fsp3) is 0.389. The number of aromatic nitrogens is 2. The zero-order chi connectivity index (χ0) is 23.5. The number of nitrogens with two attached hydrogens (primary N) is 1. The first kappa shape index (κ1) is 23.2. The van der Waals surface area contributed by atoms with Crippen molar-refractivity contribution in [3.05, 3.63) is 36.3 Å². The van der Waals surface area contributed by atoms with E-state index in [2.05, 4.69) is 20.0 Å². The Morgan fingerprint density at radius 3 is 2.72 bits per heavy atom. The highest BCUT2D eigenvalue weighted by molar-refractivity contribution is 5.64. The van der Waals surface area contributed by atoms with Crippen molar-refractivity contribution in [1.82, 2.24) is 9.97 Å². The van der Waals surface area contributed by atoms with Crippen molar-refractivity contribution in [3.8, 4) is 5.75 Å². The molecule has 3 heterocycles. The van der Waals surface area contributed by atoms with Gasteiger partial charge in [-0.1, -0.05) is 0 Å². The Hall–Kier alpha value is -3.45. The Morgan fingerprint density at radius 1 is 1.28 bits per heavy atom. The van der Waals surface area contributed by atoms with Crippen molar-refractivity contribution in [2.75, 3.05) is 23.4 Å². The zero-order valence-corrected chi connectivity index (χ0v) is 16.2. The Balaban J connectivity index is 1.85. The number of nitrogens with zero attached hydrogens (tertiary/aromatic N) is 3. The summed E-state index contributed by atoms with van der Waals surface area (Å²) in [4.78, 5) is 19.6. The highest BCUT2D eigenvalue weighted by Crippen LogP contribution is 2.35. The molecule has 1 aliphatic rings. The number of halogens is 6. The molecular weight excluding hydrogens is 448 g/mol. The molecule has 2 aromatic rings. The van der Waals surface area contributed by atoms with Crippen LogP contribution < -0.4 is 20.7 Å². The molecule has 3 N–H and O–H groups in total. The monoisotopic (exact) mass is 465 g/mol. The fourth-order valence-corrected chi connectivity index (χ4v) is 3.10. The van der Waals surface area contributed by atoms with E-state index in [1.165, 1.54) is 0 Å². The quantitative estimate of drug-likeness (QED) is 0.623. The van der Waals surface area contributed by atoms with Gasteiger partial charge in [0.25, 0.3) is 5.92 Å². The number of hydrogen-bond acceptors (Lipinski definition) is 7. The molecule has 1 fully saturated rings. The van der Waals surface area contributed by atoms with E-state index < -0.39 is 54.8 Å². The number of pyridine rings is 2. The standard InChI is InChI=1S/C18H17F6N5O3/c19-12-1-2-13(27-14-7-11(4-6-26-14)32-18(22,23)24)28-15(12)29-9-17(20,21)5-3-10(29)8-31-16(25)30/h1-2,4,6-7,10H,3,5,8-9H2,(H2,25,30)(H,26,27,28). The average molecular weight is 465 g/mol. The fourth-order valence-electron chi connectivity index (χ4n) is 3.10. The molecule has 0 spiro atoms. The lowest BCUT2D eigenvalue weighted by atomic mass is 9.99. The summed E-state index contributed by atoms with van der Waals surface area (Å²) in [7, 11) is 0. The number of rotatable bonds is 6. The molecule has 1 saturated heterocycles. The van der Waals surface area contributed by atoms with Crippen molar-refractivity contribution in [1.29, 1.82) is 0 Å². The van der Waals surface area contributed by atoms with Crippen molar-refractivity contribution < 1.29 is 40.6 Å².